The van der Waals surface area contributed by atoms with Crippen molar-refractivity contribution in [2.24, 2.45) is 0 Å². The maximum Gasteiger partial charge on any atom is 0.253 e. The van der Waals surface area contributed by atoms with Crippen LogP contribution in [0.4, 0.5) is 0 Å². The first kappa shape index (κ1) is 13.7. The number of pyridine rings is 2. The molecule has 0 aromatic carbocycles. The van der Waals surface area contributed by atoms with Crippen LogP contribution in [-0.2, 0) is 6.54 Å². The van der Waals surface area contributed by atoms with E-state index in [0.717, 1.165) is 0 Å². The van der Waals surface area contributed by atoms with Gasteiger partial charge in [0, 0.05) is 30.2 Å². The number of aromatic nitrogens is 4. The SMILES string of the molecule is O=C(NCc1nc(-c2cc[nH]c(=O)c2)no1)c1cccnc1. The summed E-state index contributed by atoms with van der Waals surface area (Å²) in [6, 6.07) is 6.34. The quantitative estimate of drug-likeness (QED) is 0.734. The van der Waals surface area contributed by atoms with Crippen LogP contribution < -0.4 is 10.9 Å². The van der Waals surface area contributed by atoms with Crippen molar-refractivity contribution in [2.75, 3.05) is 0 Å². The molecule has 0 aliphatic rings. The minimum absolute atomic E-state index is 0.0872. The summed E-state index contributed by atoms with van der Waals surface area (Å²) in [5.41, 5.74) is 0.725. The zero-order valence-corrected chi connectivity index (χ0v) is 11.3. The Bertz CT molecular complexity index is 841. The van der Waals surface area contributed by atoms with Crippen LogP contribution >= 0.6 is 0 Å². The molecule has 3 aromatic heterocycles. The average molecular weight is 297 g/mol. The molecular weight excluding hydrogens is 286 g/mol. The molecule has 0 radical (unpaired) electrons. The van der Waals surface area contributed by atoms with E-state index >= 15 is 0 Å². The zero-order chi connectivity index (χ0) is 15.4. The summed E-state index contributed by atoms with van der Waals surface area (Å²) >= 11 is 0. The molecule has 8 nitrogen and oxygen atoms in total. The first-order valence-electron chi connectivity index (χ1n) is 6.42. The van der Waals surface area contributed by atoms with Crippen LogP contribution in [0.15, 0.2) is 52.2 Å². The number of H-pyrrole nitrogens is 1. The van der Waals surface area contributed by atoms with Crippen LogP contribution in [0.2, 0.25) is 0 Å². The lowest BCUT2D eigenvalue weighted by molar-refractivity contribution is 0.0946. The normalized spacial score (nSPS) is 10.4. The van der Waals surface area contributed by atoms with E-state index < -0.39 is 0 Å². The van der Waals surface area contributed by atoms with Gasteiger partial charge in [-0.2, -0.15) is 4.98 Å². The van der Waals surface area contributed by atoms with Gasteiger partial charge in [0.2, 0.25) is 17.3 Å². The third kappa shape index (κ3) is 3.06. The molecule has 0 saturated carbocycles. The minimum atomic E-state index is -0.288. The fourth-order valence-corrected chi connectivity index (χ4v) is 1.78. The highest BCUT2D eigenvalue weighted by molar-refractivity contribution is 5.93. The van der Waals surface area contributed by atoms with Crippen molar-refractivity contribution >= 4 is 5.91 Å². The van der Waals surface area contributed by atoms with E-state index in [1.54, 1.807) is 24.4 Å². The summed E-state index contributed by atoms with van der Waals surface area (Å²) in [7, 11) is 0. The fourth-order valence-electron chi connectivity index (χ4n) is 1.78. The molecule has 8 heteroatoms. The molecule has 0 saturated heterocycles. The summed E-state index contributed by atoms with van der Waals surface area (Å²) in [4.78, 5) is 33.6. The van der Waals surface area contributed by atoms with Gasteiger partial charge in [-0.15, -0.1) is 0 Å². The molecule has 3 aromatic rings. The molecule has 3 heterocycles. The van der Waals surface area contributed by atoms with Gasteiger partial charge >= 0.3 is 0 Å². The molecule has 0 aliphatic carbocycles. The lowest BCUT2D eigenvalue weighted by Gasteiger charge is -2.00. The summed E-state index contributed by atoms with van der Waals surface area (Å²) in [5, 5.41) is 6.42. The number of hydrogen-bond acceptors (Lipinski definition) is 6. The Morgan fingerprint density at radius 3 is 3.05 bits per heavy atom. The molecule has 1 amide bonds. The van der Waals surface area contributed by atoms with Crippen LogP contribution in [0.3, 0.4) is 0 Å². The standard InChI is InChI=1S/C14H11N5O3/c20-11-6-9(3-5-16-11)13-18-12(22-19-13)8-17-14(21)10-2-1-4-15-7-10/h1-7H,8H2,(H,16,20)(H,17,21). The number of carbonyl (C=O) groups excluding carboxylic acids is 1. The summed E-state index contributed by atoms with van der Waals surface area (Å²) < 4.78 is 5.04. The van der Waals surface area contributed by atoms with E-state index in [9.17, 15) is 9.59 Å². The van der Waals surface area contributed by atoms with Gasteiger partial charge in [0.25, 0.3) is 5.91 Å². The smallest absolute Gasteiger partial charge is 0.253 e. The number of hydrogen-bond donors (Lipinski definition) is 2. The lowest BCUT2D eigenvalue weighted by Crippen LogP contribution is -2.23. The number of rotatable bonds is 4. The van der Waals surface area contributed by atoms with Crippen molar-refractivity contribution in [3.63, 3.8) is 0 Å². The molecule has 2 N–H and O–H groups in total. The molecule has 0 fully saturated rings. The van der Waals surface area contributed by atoms with Crippen molar-refractivity contribution in [2.45, 2.75) is 6.54 Å². The number of nitrogens with one attached hydrogen (secondary N) is 2. The van der Waals surface area contributed by atoms with Gasteiger partial charge in [-0.25, -0.2) is 0 Å². The van der Waals surface area contributed by atoms with Gasteiger partial charge in [0.1, 0.15) is 0 Å². The van der Waals surface area contributed by atoms with Crippen LogP contribution in [0.1, 0.15) is 16.2 Å². The number of amides is 1. The van der Waals surface area contributed by atoms with E-state index in [4.69, 9.17) is 4.52 Å². The van der Waals surface area contributed by atoms with E-state index in [0.29, 0.717) is 11.1 Å². The van der Waals surface area contributed by atoms with Gasteiger partial charge in [0.05, 0.1) is 12.1 Å². The van der Waals surface area contributed by atoms with Crippen molar-refractivity contribution in [3.05, 3.63) is 64.7 Å². The molecule has 0 spiro atoms. The van der Waals surface area contributed by atoms with Crippen LogP contribution in [0.5, 0.6) is 0 Å². The third-order valence-corrected chi connectivity index (χ3v) is 2.83. The predicted octanol–water partition coefficient (Wildman–Crippen LogP) is 0.750. The van der Waals surface area contributed by atoms with Gasteiger partial charge in [-0.3, -0.25) is 14.6 Å². The van der Waals surface area contributed by atoms with Crippen molar-refractivity contribution in [3.8, 4) is 11.4 Å². The van der Waals surface area contributed by atoms with Crippen molar-refractivity contribution in [1.82, 2.24) is 25.4 Å². The number of nitrogens with zero attached hydrogens (tertiary/aromatic N) is 3. The maximum atomic E-state index is 11.9. The average Bonchev–Trinajstić information content (AvgIpc) is 3.02. The molecule has 0 aliphatic heterocycles. The number of aromatic amines is 1. The van der Waals surface area contributed by atoms with Gasteiger partial charge in [-0.1, -0.05) is 5.16 Å². The zero-order valence-electron chi connectivity index (χ0n) is 11.3. The van der Waals surface area contributed by atoms with Crippen LogP contribution in [0, 0.1) is 0 Å². The summed E-state index contributed by atoms with van der Waals surface area (Å²) in [5.74, 6) is 0.244. The molecule has 0 unspecified atom stereocenters. The molecule has 0 atom stereocenters. The highest BCUT2D eigenvalue weighted by atomic mass is 16.5. The molecular formula is C14H11N5O3. The Morgan fingerprint density at radius 1 is 1.36 bits per heavy atom. The minimum Gasteiger partial charge on any atom is -0.343 e. The molecule has 110 valence electrons. The van der Waals surface area contributed by atoms with Crippen molar-refractivity contribution in [1.29, 1.82) is 0 Å². The van der Waals surface area contributed by atoms with E-state index in [1.807, 2.05) is 0 Å². The highest BCUT2D eigenvalue weighted by Gasteiger charge is 2.11. The number of carbonyl (C=O) groups is 1. The lowest BCUT2D eigenvalue weighted by atomic mass is 10.2. The largest absolute Gasteiger partial charge is 0.343 e. The first-order chi connectivity index (χ1) is 10.7. The summed E-state index contributed by atoms with van der Waals surface area (Å²) in [6.45, 7) is 0.0872. The maximum absolute atomic E-state index is 11.9. The Balaban J connectivity index is 1.68. The van der Waals surface area contributed by atoms with Crippen LogP contribution in [-0.4, -0.2) is 26.0 Å². The monoisotopic (exact) mass is 297 g/mol. The topological polar surface area (TPSA) is 114 Å². The van der Waals surface area contributed by atoms with Gasteiger partial charge in [-0.05, 0) is 18.2 Å². The predicted molar refractivity (Wildman–Crippen MR) is 75.8 cm³/mol. The van der Waals surface area contributed by atoms with E-state index in [2.05, 4.69) is 25.4 Å². The molecule has 3 rings (SSSR count). The highest BCUT2D eigenvalue weighted by Crippen LogP contribution is 2.12. The van der Waals surface area contributed by atoms with Gasteiger partial charge < -0.3 is 14.8 Å². The second-order valence-corrected chi connectivity index (χ2v) is 4.38. The summed E-state index contributed by atoms with van der Waals surface area (Å²) in [6.07, 6.45) is 4.55. The fraction of sp³-hybridized carbons (Fsp3) is 0.0714. The Labute approximate surface area is 124 Å². The van der Waals surface area contributed by atoms with Crippen molar-refractivity contribution < 1.29 is 9.32 Å². The third-order valence-electron chi connectivity index (χ3n) is 2.83. The Hall–Kier alpha value is -3.29. The second kappa shape index (κ2) is 6.00. The first-order valence-corrected chi connectivity index (χ1v) is 6.42. The van der Waals surface area contributed by atoms with Crippen LogP contribution in [0.25, 0.3) is 11.4 Å². The molecule has 0 bridgehead atoms. The Morgan fingerprint density at radius 2 is 2.27 bits per heavy atom. The second-order valence-electron chi connectivity index (χ2n) is 4.38. The van der Waals surface area contributed by atoms with Gasteiger partial charge in [0.15, 0.2) is 0 Å². The van der Waals surface area contributed by atoms with E-state index in [1.165, 1.54) is 18.5 Å². The Kier molecular flexibility index (Phi) is 3.73. The van der Waals surface area contributed by atoms with E-state index in [-0.39, 0.29) is 29.7 Å². The molecule has 22 heavy (non-hydrogen) atoms.